The van der Waals surface area contributed by atoms with E-state index in [2.05, 4.69) is 0 Å². The average molecular weight is 585 g/mol. The molecule has 9 rings (SSSR count). The number of carbonyl (C=O) groups excluding carboxylic acids is 2. The second-order valence-electron chi connectivity index (χ2n) is 12.0. The molecule has 6 bridgehead atoms. The maximum absolute atomic E-state index is 12.9. The number of carbonyl (C=O) groups is 2. The lowest BCUT2D eigenvalue weighted by Crippen LogP contribution is -2.80. The minimum Gasteiger partial charge on any atom is -0.461 e. The molecule has 2 aromatic carbocycles. The van der Waals surface area contributed by atoms with Crippen molar-refractivity contribution in [2.45, 2.75) is 73.8 Å². The Morgan fingerprint density at radius 2 is 1.50 bits per heavy atom. The number of esters is 2. The van der Waals surface area contributed by atoms with Gasteiger partial charge in [-0.05, 0) is 37.6 Å². The van der Waals surface area contributed by atoms with Crippen molar-refractivity contribution >= 4 is 11.9 Å². The molecular weight excluding hydrogens is 552 g/mol. The zero-order chi connectivity index (χ0) is 29.5. The zero-order valence-corrected chi connectivity index (χ0v) is 22.7. The fourth-order valence-corrected chi connectivity index (χ4v) is 7.68. The van der Waals surface area contributed by atoms with Gasteiger partial charge in [0.25, 0.3) is 0 Å². The Labute approximate surface area is 240 Å². The van der Waals surface area contributed by atoms with Crippen LogP contribution in [0.25, 0.3) is 0 Å². The highest BCUT2D eigenvalue weighted by Gasteiger charge is 2.94. The van der Waals surface area contributed by atoms with Crippen molar-refractivity contribution in [1.82, 2.24) is 0 Å². The predicted octanol–water partition coefficient (Wildman–Crippen LogP) is 0.507. The molecule has 0 radical (unpaired) electrons. The Bertz CT molecular complexity index is 1370. The third-order valence-electron chi connectivity index (χ3n) is 9.78. The SMILES string of the molecule is C[C@@]12C[C@@]3(O)OC(O1)[C@]1(COC(=O)c4ccccc4)[C@H]3C[C@]21O[C@@H]1O[C@H](COC(=O)c2ccccc2)[C@@H](O)[C@H](O)[C@H]1O. The molecule has 3 aliphatic carbocycles. The fourth-order valence-electron chi connectivity index (χ4n) is 7.68. The fraction of sp³-hybridized carbons (Fsp3) is 0.533. The van der Waals surface area contributed by atoms with Gasteiger partial charge < -0.3 is 48.8 Å². The lowest BCUT2D eigenvalue weighted by molar-refractivity contribution is -0.424. The molecule has 2 aromatic rings. The lowest BCUT2D eigenvalue weighted by Gasteiger charge is -2.67. The summed E-state index contributed by atoms with van der Waals surface area (Å²) in [4.78, 5) is 25.4. The summed E-state index contributed by atoms with van der Waals surface area (Å²) in [5.74, 6) is -3.25. The topological polar surface area (TPSA) is 170 Å². The van der Waals surface area contributed by atoms with E-state index in [1.165, 1.54) is 0 Å². The van der Waals surface area contributed by atoms with Crippen LogP contribution in [-0.4, -0.2) is 99.6 Å². The number of rotatable bonds is 8. The van der Waals surface area contributed by atoms with Crippen molar-refractivity contribution in [3.63, 3.8) is 0 Å². The lowest BCUT2D eigenvalue weighted by atomic mass is 9.41. The summed E-state index contributed by atoms with van der Waals surface area (Å²) in [6.07, 6.45) is -8.34. The van der Waals surface area contributed by atoms with Gasteiger partial charge in [-0.15, -0.1) is 0 Å². The van der Waals surface area contributed by atoms with Crippen LogP contribution >= 0.6 is 0 Å². The number of benzene rings is 2. The van der Waals surface area contributed by atoms with Gasteiger partial charge in [0.15, 0.2) is 18.4 Å². The van der Waals surface area contributed by atoms with E-state index in [9.17, 15) is 30.0 Å². The number of hydrogen-bond donors (Lipinski definition) is 4. The van der Waals surface area contributed by atoms with Gasteiger partial charge in [-0.1, -0.05) is 36.4 Å². The first kappa shape index (κ1) is 27.9. The van der Waals surface area contributed by atoms with Crippen molar-refractivity contribution in [2.24, 2.45) is 11.3 Å². The summed E-state index contributed by atoms with van der Waals surface area (Å²) in [5, 5.41) is 43.6. The average Bonchev–Trinajstić information content (AvgIpc) is 3.18. The Morgan fingerprint density at radius 1 is 0.881 bits per heavy atom. The van der Waals surface area contributed by atoms with Crippen LogP contribution in [-0.2, 0) is 28.4 Å². The van der Waals surface area contributed by atoms with Crippen molar-refractivity contribution < 1.29 is 58.4 Å². The van der Waals surface area contributed by atoms with Gasteiger partial charge in [-0.2, -0.15) is 0 Å². The summed E-state index contributed by atoms with van der Waals surface area (Å²) in [6.45, 7) is 1.12. The van der Waals surface area contributed by atoms with Crippen LogP contribution in [0.15, 0.2) is 60.7 Å². The molecule has 7 aliphatic rings. The van der Waals surface area contributed by atoms with E-state index in [1.807, 2.05) is 0 Å². The van der Waals surface area contributed by atoms with E-state index in [4.69, 9.17) is 28.4 Å². The third kappa shape index (κ3) is 3.70. The molecule has 3 saturated carbocycles. The van der Waals surface area contributed by atoms with Crippen molar-refractivity contribution in [1.29, 1.82) is 0 Å². The van der Waals surface area contributed by atoms with Crippen LogP contribution in [0.4, 0.5) is 0 Å². The molecule has 4 aliphatic heterocycles. The molecule has 11 atom stereocenters. The molecule has 42 heavy (non-hydrogen) atoms. The molecule has 0 amide bonds. The van der Waals surface area contributed by atoms with Gasteiger partial charge in [-0.25, -0.2) is 9.59 Å². The molecule has 4 N–H and O–H groups in total. The first-order valence-corrected chi connectivity index (χ1v) is 13.9. The maximum atomic E-state index is 12.9. The zero-order valence-electron chi connectivity index (χ0n) is 22.7. The van der Waals surface area contributed by atoms with Gasteiger partial charge >= 0.3 is 11.9 Å². The number of ether oxygens (including phenoxy) is 6. The molecule has 7 fully saturated rings. The summed E-state index contributed by atoms with van der Waals surface area (Å²) < 4.78 is 35.7. The quantitative estimate of drug-likeness (QED) is 0.318. The number of aliphatic hydroxyl groups excluding tert-OH is 3. The van der Waals surface area contributed by atoms with Gasteiger partial charge in [-0.3, -0.25) is 0 Å². The third-order valence-corrected chi connectivity index (χ3v) is 9.78. The second kappa shape index (κ2) is 9.53. The highest BCUT2D eigenvalue weighted by atomic mass is 16.8. The summed E-state index contributed by atoms with van der Waals surface area (Å²) in [6, 6.07) is 16.7. The molecule has 4 saturated heterocycles. The maximum Gasteiger partial charge on any atom is 0.338 e. The van der Waals surface area contributed by atoms with E-state index in [1.54, 1.807) is 67.6 Å². The number of aliphatic hydroxyl groups is 4. The van der Waals surface area contributed by atoms with Crippen LogP contribution in [0.1, 0.15) is 40.5 Å². The van der Waals surface area contributed by atoms with Crippen LogP contribution in [0.5, 0.6) is 0 Å². The normalized spacial score (nSPS) is 44.5. The summed E-state index contributed by atoms with van der Waals surface area (Å²) in [5.41, 5.74) is -2.88. The molecule has 0 aromatic heterocycles. The first-order valence-electron chi connectivity index (χ1n) is 13.9. The van der Waals surface area contributed by atoms with Crippen LogP contribution in [0.2, 0.25) is 0 Å². The molecule has 224 valence electrons. The Balaban J connectivity index is 1.13. The van der Waals surface area contributed by atoms with Gasteiger partial charge in [0, 0.05) is 12.3 Å². The summed E-state index contributed by atoms with van der Waals surface area (Å²) >= 11 is 0. The van der Waals surface area contributed by atoms with Crippen molar-refractivity contribution in [3.8, 4) is 0 Å². The van der Waals surface area contributed by atoms with Crippen LogP contribution in [0, 0.1) is 11.3 Å². The van der Waals surface area contributed by atoms with E-state index >= 15 is 0 Å². The Morgan fingerprint density at radius 3 is 2.14 bits per heavy atom. The monoisotopic (exact) mass is 584 g/mol. The van der Waals surface area contributed by atoms with Crippen molar-refractivity contribution in [3.05, 3.63) is 71.8 Å². The van der Waals surface area contributed by atoms with E-state index in [-0.39, 0.29) is 19.4 Å². The molecular formula is C30H32O12. The second-order valence-corrected chi connectivity index (χ2v) is 12.0. The van der Waals surface area contributed by atoms with E-state index in [0.717, 1.165) is 0 Å². The molecule has 1 unspecified atom stereocenters. The minimum absolute atomic E-state index is 0.0572. The number of hydrogen-bond acceptors (Lipinski definition) is 12. The molecule has 12 heteroatoms. The molecule has 12 nitrogen and oxygen atoms in total. The van der Waals surface area contributed by atoms with E-state index < -0.39 is 83.9 Å². The Hall–Kier alpha value is -2.94. The predicted molar refractivity (Wildman–Crippen MR) is 138 cm³/mol. The molecule has 4 heterocycles. The van der Waals surface area contributed by atoms with Gasteiger partial charge in [0.05, 0.1) is 16.5 Å². The Kier molecular flexibility index (Phi) is 6.32. The highest BCUT2D eigenvalue weighted by Crippen LogP contribution is 2.81. The van der Waals surface area contributed by atoms with Gasteiger partial charge in [0.2, 0.25) is 0 Å². The minimum atomic E-state index is -1.69. The standard InChI is InChI=1S/C30H32O12/c1-27-14-29(36)19-12-30(27,28(19,26(41-27)42-29)15-38-24(35)17-10-6-3-7-11-17)40-25-22(33)21(32)20(31)18(39-25)13-37-23(34)16-8-4-2-5-9-16/h2-11,18-22,25-26,31-33,36H,12-15H2,1H3/t18-,19-,20-,21+,22-,25+,26?,27+,28+,29-,30+/m1/s1. The first-order chi connectivity index (χ1) is 20.0. The van der Waals surface area contributed by atoms with E-state index in [0.29, 0.717) is 11.1 Å². The molecule has 0 spiro atoms. The van der Waals surface area contributed by atoms with Crippen LogP contribution < -0.4 is 0 Å². The van der Waals surface area contributed by atoms with Gasteiger partial charge in [0.1, 0.15) is 48.8 Å². The highest BCUT2D eigenvalue weighted by molar-refractivity contribution is 5.89. The largest absolute Gasteiger partial charge is 0.461 e. The van der Waals surface area contributed by atoms with Crippen molar-refractivity contribution in [2.75, 3.05) is 13.2 Å². The summed E-state index contributed by atoms with van der Waals surface area (Å²) in [7, 11) is 0. The van der Waals surface area contributed by atoms with Crippen LogP contribution in [0.3, 0.4) is 0 Å². The smallest absolute Gasteiger partial charge is 0.338 e.